The van der Waals surface area contributed by atoms with E-state index in [9.17, 15) is 13.2 Å². The van der Waals surface area contributed by atoms with Crippen molar-refractivity contribution in [2.75, 3.05) is 7.11 Å². The van der Waals surface area contributed by atoms with Gasteiger partial charge in [0.15, 0.2) is 0 Å². The van der Waals surface area contributed by atoms with E-state index in [1.165, 1.54) is 0 Å². The molecule has 0 amide bonds. The molecular weight excluding hydrogens is 137 g/mol. The van der Waals surface area contributed by atoms with Crippen LogP contribution in [0.5, 0.6) is 0 Å². The van der Waals surface area contributed by atoms with E-state index in [0.29, 0.717) is 0 Å². The van der Waals surface area contributed by atoms with Gasteiger partial charge in [0.1, 0.15) is 7.11 Å². The van der Waals surface area contributed by atoms with Gasteiger partial charge in [0, 0.05) is 0 Å². The fourth-order valence-corrected chi connectivity index (χ4v) is 0.150. The van der Waals surface area contributed by atoms with Crippen LogP contribution in [0.25, 0.3) is 0 Å². The van der Waals surface area contributed by atoms with E-state index in [1.807, 2.05) is 0 Å². The van der Waals surface area contributed by atoms with Crippen LogP contribution in [-0.2, 0) is 4.84 Å². The maximum atomic E-state index is 11.3. The quantitative estimate of drug-likeness (QED) is 0.328. The molecule has 0 saturated carbocycles. The molecule has 54 valence electrons. The standard InChI is InChI=1S/C3H5F3N2O/c1-9-8-2(7)3(4,5)6/h1H3,(H2,7,8). The Morgan fingerprint density at radius 1 is 1.56 bits per heavy atom. The molecule has 0 fully saturated rings. The second-order valence-electron chi connectivity index (χ2n) is 1.16. The van der Waals surface area contributed by atoms with Gasteiger partial charge >= 0.3 is 6.18 Å². The largest absolute Gasteiger partial charge is 0.452 e. The molecule has 0 aromatic rings. The first-order chi connectivity index (χ1) is 3.98. The number of hydrogen-bond donors (Lipinski definition) is 1. The first kappa shape index (κ1) is 8.06. The maximum Gasteiger partial charge on any atom is 0.452 e. The molecule has 0 radical (unpaired) electrons. The lowest BCUT2D eigenvalue weighted by molar-refractivity contribution is -0.0627. The second kappa shape index (κ2) is 2.56. The van der Waals surface area contributed by atoms with Crippen LogP contribution < -0.4 is 5.73 Å². The molecule has 0 unspecified atom stereocenters. The Labute approximate surface area is 49.3 Å². The summed E-state index contributed by atoms with van der Waals surface area (Å²) in [5.41, 5.74) is 4.36. The number of amidine groups is 1. The van der Waals surface area contributed by atoms with Crippen LogP contribution in [0.1, 0.15) is 0 Å². The normalized spacial score (nSPS) is 13.6. The van der Waals surface area contributed by atoms with E-state index in [1.54, 1.807) is 0 Å². The second-order valence-corrected chi connectivity index (χ2v) is 1.16. The summed E-state index contributed by atoms with van der Waals surface area (Å²) in [6, 6.07) is 0. The van der Waals surface area contributed by atoms with Crippen LogP contribution in [0, 0.1) is 0 Å². The van der Waals surface area contributed by atoms with Gasteiger partial charge in [-0.3, -0.25) is 0 Å². The zero-order valence-electron chi connectivity index (χ0n) is 4.57. The molecule has 0 saturated heterocycles. The summed E-state index contributed by atoms with van der Waals surface area (Å²) in [5, 5.41) is 2.47. The van der Waals surface area contributed by atoms with Crippen LogP contribution in [0.2, 0.25) is 0 Å². The minimum atomic E-state index is -4.59. The lowest BCUT2D eigenvalue weighted by Gasteiger charge is -2.01. The van der Waals surface area contributed by atoms with Gasteiger partial charge in [0.2, 0.25) is 5.84 Å². The fraction of sp³-hybridized carbons (Fsp3) is 0.667. The average molecular weight is 142 g/mol. The van der Waals surface area contributed by atoms with E-state index < -0.39 is 12.0 Å². The molecule has 0 aliphatic rings. The monoisotopic (exact) mass is 142 g/mol. The number of rotatable bonds is 1. The Balaban J connectivity index is 4.03. The Morgan fingerprint density at radius 2 is 2.00 bits per heavy atom. The van der Waals surface area contributed by atoms with Crippen molar-refractivity contribution in [2.24, 2.45) is 10.9 Å². The molecule has 6 heteroatoms. The van der Waals surface area contributed by atoms with Crippen LogP contribution in [-0.4, -0.2) is 19.1 Å². The smallest absolute Gasteiger partial charge is 0.397 e. The SMILES string of the molecule is CO/N=C(\N)C(F)(F)F. The predicted octanol–water partition coefficient (Wildman–Crippen LogP) is 0.467. The number of halogens is 3. The highest BCUT2D eigenvalue weighted by Gasteiger charge is 2.34. The first-order valence-electron chi connectivity index (χ1n) is 1.92. The van der Waals surface area contributed by atoms with Crippen molar-refractivity contribution < 1.29 is 18.0 Å². The maximum absolute atomic E-state index is 11.3. The summed E-state index contributed by atoms with van der Waals surface area (Å²) in [5.74, 6) is -1.48. The molecule has 9 heavy (non-hydrogen) atoms. The average Bonchev–Trinajstić information content (AvgIpc) is 1.64. The van der Waals surface area contributed by atoms with Crippen LogP contribution >= 0.6 is 0 Å². The molecule has 0 aliphatic heterocycles. The zero-order chi connectivity index (χ0) is 7.49. The van der Waals surface area contributed by atoms with E-state index in [-0.39, 0.29) is 0 Å². The highest BCUT2D eigenvalue weighted by Crippen LogP contribution is 2.13. The highest BCUT2D eigenvalue weighted by atomic mass is 19.4. The molecule has 0 rings (SSSR count). The third-order valence-electron chi connectivity index (χ3n) is 0.480. The molecule has 0 atom stereocenters. The third-order valence-corrected chi connectivity index (χ3v) is 0.480. The molecule has 0 aliphatic carbocycles. The summed E-state index contributed by atoms with van der Waals surface area (Å²) < 4.78 is 33.9. The van der Waals surface area contributed by atoms with Gasteiger partial charge < -0.3 is 10.6 Å². The van der Waals surface area contributed by atoms with Gasteiger partial charge in [-0.15, -0.1) is 0 Å². The number of alkyl halides is 3. The lowest BCUT2D eigenvalue weighted by Crippen LogP contribution is -2.31. The predicted molar refractivity (Wildman–Crippen MR) is 24.7 cm³/mol. The van der Waals surface area contributed by atoms with E-state index in [4.69, 9.17) is 0 Å². The van der Waals surface area contributed by atoms with Crippen LogP contribution in [0.15, 0.2) is 5.16 Å². The minimum absolute atomic E-state index is 0.985. The highest BCUT2D eigenvalue weighted by molar-refractivity contribution is 5.85. The topological polar surface area (TPSA) is 47.6 Å². The summed E-state index contributed by atoms with van der Waals surface area (Å²) in [6.07, 6.45) is -4.59. The number of nitrogens with two attached hydrogens (primary N) is 1. The number of nitrogens with zero attached hydrogens (tertiary/aromatic N) is 1. The van der Waals surface area contributed by atoms with Gasteiger partial charge in [0.05, 0.1) is 0 Å². The summed E-state index contributed by atoms with van der Waals surface area (Å²) in [7, 11) is 0.985. The van der Waals surface area contributed by atoms with Crippen LogP contribution in [0.4, 0.5) is 13.2 Å². The summed E-state index contributed by atoms with van der Waals surface area (Å²) in [4.78, 5) is 3.77. The Kier molecular flexibility index (Phi) is 2.29. The van der Waals surface area contributed by atoms with Gasteiger partial charge in [-0.25, -0.2) is 0 Å². The minimum Gasteiger partial charge on any atom is -0.397 e. The van der Waals surface area contributed by atoms with Crippen molar-refractivity contribution in [2.45, 2.75) is 6.18 Å². The number of oxime groups is 1. The van der Waals surface area contributed by atoms with E-state index in [0.717, 1.165) is 7.11 Å². The number of hydrogen-bond acceptors (Lipinski definition) is 2. The molecule has 0 aromatic carbocycles. The molecule has 0 spiro atoms. The van der Waals surface area contributed by atoms with Crippen molar-refractivity contribution in [3.05, 3.63) is 0 Å². The van der Waals surface area contributed by atoms with Gasteiger partial charge in [-0.1, -0.05) is 5.16 Å². The lowest BCUT2D eigenvalue weighted by atomic mass is 10.6. The van der Waals surface area contributed by atoms with Crippen molar-refractivity contribution in [1.29, 1.82) is 0 Å². The molecule has 0 bridgehead atoms. The van der Waals surface area contributed by atoms with Crippen LogP contribution in [0.3, 0.4) is 0 Å². The van der Waals surface area contributed by atoms with E-state index in [2.05, 4.69) is 15.7 Å². The van der Waals surface area contributed by atoms with E-state index >= 15 is 0 Å². The van der Waals surface area contributed by atoms with Gasteiger partial charge in [-0.2, -0.15) is 13.2 Å². The summed E-state index contributed by atoms with van der Waals surface area (Å²) >= 11 is 0. The van der Waals surface area contributed by atoms with Gasteiger partial charge in [0.25, 0.3) is 0 Å². The van der Waals surface area contributed by atoms with Crippen molar-refractivity contribution in [1.82, 2.24) is 0 Å². The Bertz CT molecular complexity index is 119. The first-order valence-corrected chi connectivity index (χ1v) is 1.92. The zero-order valence-corrected chi connectivity index (χ0v) is 4.57. The third kappa shape index (κ3) is 2.78. The fourth-order valence-electron chi connectivity index (χ4n) is 0.150. The molecular formula is C3H5F3N2O. The Hall–Kier alpha value is -0.940. The van der Waals surface area contributed by atoms with Crippen molar-refractivity contribution in [3.8, 4) is 0 Å². The molecule has 0 heterocycles. The van der Waals surface area contributed by atoms with Crippen molar-refractivity contribution >= 4 is 5.84 Å². The molecule has 0 aromatic heterocycles. The Morgan fingerprint density at radius 3 is 2.11 bits per heavy atom. The molecule has 2 N–H and O–H groups in total. The molecule has 3 nitrogen and oxygen atoms in total. The summed E-state index contributed by atoms with van der Waals surface area (Å²) in [6.45, 7) is 0. The van der Waals surface area contributed by atoms with Crippen molar-refractivity contribution in [3.63, 3.8) is 0 Å². The van der Waals surface area contributed by atoms with Gasteiger partial charge in [-0.05, 0) is 0 Å².